The van der Waals surface area contributed by atoms with Crippen LogP contribution in [0.5, 0.6) is 11.5 Å². The molecule has 122 valence electrons. The fourth-order valence-electron chi connectivity index (χ4n) is 2.47. The summed E-state index contributed by atoms with van der Waals surface area (Å²) in [4.78, 5) is 12.1. The first-order valence-electron chi connectivity index (χ1n) is 7.69. The van der Waals surface area contributed by atoms with Crippen molar-refractivity contribution in [2.45, 2.75) is 25.8 Å². The molecule has 4 heteroatoms. The lowest BCUT2D eigenvalue weighted by Gasteiger charge is -2.17. The first kappa shape index (κ1) is 16.9. The van der Waals surface area contributed by atoms with Crippen LogP contribution in [0.15, 0.2) is 48.5 Å². The van der Waals surface area contributed by atoms with Crippen LogP contribution in [0.1, 0.15) is 30.5 Å². The van der Waals surface area contributed by atoms with Crippen molar-refractivity contribution in [1.29, 1.82) is 0 Å². The van der Waals surface area contributed by atoms with E-state index in [2.05, 4.69) is 5.32 Å². The maximum atomic E-state index is 12.1. The molecule has 1 N–H and O–H groups in total. The van der Waals surface area contributed by atoms with Crippen molar-refractivity contribution in [2.75, 3.05) is 14.2 Å². The van der Waals surface area contributed by atoms with Gasteiger partial charge in [0.2, 0.25) is 5.91 Å². The molecule has 2 aromatic carbocycles. The average Bonchev–Trinajstić information content (AvgIpc) is 2.60. The van der Waals surface area contributed by atoms with Gasteiger partial charge in [0.1, 0.15) is 11.5 Å². The fourth-order valence-corrected chi connectivity index (χ4v) is 2.47. The van der Waals surface area contributed by atoms with Crippen molar-refractivity contribution in [3.8, 4) is 11.5 Å². The normalized spacial score (nSPS) is 11.6. The van der Waals surface area contributed by atoms with Crippen molar-refractivity contribution in [3.05, 3.63) is 59.7 Å². The minimum Gasteiger partial charge on any atom is -0.497 e. The van der Waals surface area contributed by atoms with Crippen molar-refractivity contribution < 1.29 is 14.3 Å². The minimum atomic E-state index is -0.0884. The summed E-state index contributed by atoms with van der Waals surface area (Å²) in [6, 6.07) is 15.4. The Kier molecular flexibility index (Phi) is 6.03. The van der Waals surface area contributed by atoms with E-state index >= 15 is 0 Å². The molecule has 2 rings (SSSR count). The SMILES string of the molecule is COc1ccc(CCC(=O)NC(C)c2ccccc2OC)cc1. The highest BCUT2D eigenvalue weighted by Gasteiger charge is 2.13. The zero-order valence-corrected chi connectivity index (χ0v) is 13.8. The summed E-state index contributed by atoms with van der Waals surface area (Å²) in [6.45, 7) is 1.96. The van der Waals surface area contributed by atoms with Crippen LogP contribution in [0.25, 0.3) is 0 Å². The summed E-state index contributed by atoms with van der Waals surface area (Å²) >= 11 is 0. The molecule has 0 aromatic heterocycles. The number of para-hydroxylation sites is 1. The Morgan fingerprint density at radius 3 is 2.39 bits per heavy atom. The molecule has 2 aromatic rings. The van der Waals surface area contributed by atoms with Crippen LogP contribution >= 0.6 is 0 Å². The average molecular weight is 313 g/mol. The first-order chi connectivity index (χ1) is 11.1. The molecule has 0 aliphatic rings. The third-order valence-electron chi connectivity index (χ3n) is 3.78. The molecule has 0 radical (unpaired) electrons. The molecule has 0 heterocycles. The number of carbonyl (C=O) groups is 1. The topological polar surface area (TPSA) is 47.6 Å². The van der Waals surface area contributed by atoms with Crippen LogP contribution < -0.4 is 14.8 Å². The van der Waals surface area contributed by atoms with Crippen LogP contribution in [0.3, 0.4) is 0 Å². The molecule has 0 saturated carbocycles. The van der Waals surface area contributed by atoms with Gasteiger partial charge in [-0.15, -0.1) is 0 Å². The van der Waals surface area contributed by atoms with E-state index in [0.29, 0.717) is 12.8 Å². The first-order valence-corrected chi connectivity index (χ1v) is 7.69. The Morgan fingerprint density at radius 1 is 1.04 bits per heavy atom. The van der Waals surface area contributed by atoms with Gasteiger partial charge >= 0.3 is 0 Å². The number of carbonyl (C=O) groups excluding carboxylic acids is 1. The van der Waals surface area contributed by atoms with Gasteiger partial charge < -0.3 is 14.8 Å². The fraction of sp³-hybridized carbons (Fsp3) is 0.316. The molecule has 23 heavy (non-hydrogen) atoms. The summed E-state index contributed by atoms with van der Waals surface area (Å²) in [7, 11) is 3.28. The summed E-state index contributed by atoms with van der Waals surface area (Å²) in [5.74, 6) is 1.64. The minimum absolute atomic E-state index is 0.0271. The molecule has 0 aliphatic heterocycles. The van der Waals surface area contributed by atoms with E-state index in [9.17, 15) is 4.79 Å². The van der Waals surface area contributed by atoms with Crippen molar-refractivity contribution >= 4 is 5.91 Å². The van der Waals surface area contributed by atoms with Crippen LogP contribution in [0.4, 0.5) is 0 Å². The van der Waals surface area contributed by atoms with Gasteiger partial charge in [-0.2, -0.15) is 0 Å². The van der Waals surface area contributed by atoms with Crippen LogP contribution in [-0.2, 0) is 11.2 Å². The quantitative estimate of drug-likeness (QED) is 0.851. The molecule has 0 saturated heterocycles. The smallest absolute Gasteiger partial charge is 0.220 e. The van der Waals surface area contributed by atoms with Gasteiger partial charge in [-0.1, -0.05) is 30.3 Å². The van der Waals surface area contributed by atoms with E-state index in [1.54, 1.807) is 14.2 Å². The van der Waals surface area contributed by atoms with Crippen molar-refractivity contribution in [3.63, 3.8) is 0 Å². The van der Waals surface area contributed by atoms with Crippen molar-refractivity contribution in [2.24, 2.45) is 0 Å². The van der Waals surface area contributed by atoms with Gasteiger partial charge in [0.05, 0.1) is 20.3 Å². The Labute approximate surface area is 137 Å². The number of aryl methyl sites for hydroxylation is 1. The lowest BCUT2D eigenvalue weighted by molar-refractivity contribution is -0.121. The number of methoxy groups -OCH3 is 2. The predicted octanol–water partition coefficient (Wildman–Crippen LogP) is 3.51. The largest absolute Gasteiger partial charge is 0.497 e. The maximum absolute atomic E-state index is 12.1. The predicted molar refractivity (Wildman–Crippen MR) is 90.9 cm³/mol. The van der Waals surface area contributed by atoms with Gasteiger partial charge in [0, 0.05) is 12.0 Å². The Balaban J connectivity index is 1.88. The highest BCUT2D eigenvalue weighted by atomic mass is 16.5. The van der Waals surface area contributed by atoms with E-state index in [0.717, 1.165) is 22.6 Å². The van der Waals surface area contributed by atoms with Crippen LogP contribution in [0, 0.1) is 0 Å². The van der Waals surface area contributed by atoms with E-state index in [1.807, 2.05) is 55.5 Å². The summed E-state index contributed by atoms with van der Waals surface area (Å²) in [6.07, 6.45) is 1.15. The van der Waals surface area contributed by atoms with Gasteiger partial charge in [-0.25, -0.2) is 0 Å². The third-order valence-corrected chi connectivity index (χ3v) is 3.78. The molecule has 4 nitrogen and oxygen atoms in total. The number of hydrogen-bond acceptors (Lipinski definition) is 3. The molecular formula is C19H23NO3. The zero-order valence-electron chi connectivity index (χ0n) is 13.8. The number of hydrogen-bond donors (Lipinski definition) is 1. The number of amides is 1. The lowest BCUT2D eigenvalue weighted by Crippen LogP contribution is -2.27. The second kappa shape index (κ2) is 8.22. The number of ether oxygens (including phenoxy) is 2. The standard InChI is InChI=1S/C19H23NO3/c1-14(17-6-4-5-7-18(17)23-3)20-19(21)13-10-15-8-11-16(22-2)12-9-15/h4-9,11-12,14H,10,13H2,1-3H3,(H,20,21). The number of rotatable bonds is 7. The number of nitrogens with one attached hydrogen (secondary N) is 1. The lowest BCUT2D eigenvalue weighted by atomic mass is 10.1. The van der Waals surface area contributed by atoms with E-state index in [4.69, 9.17) is 9.47 Å². The monoisotopic (exact) mass is 313 g/mol. The summed E-state index contributed by atoms with van der Waals surface area (Å²) in [5, 5.41) is 3.02. The van der Waals surface area contributed by atoms with E-state index in [-0.39, 0.29) is 11.9 Å². The van der Waals surface area contributed by atoms with E-state index in [1.165, 1.54) is 0 Å². The second-order valence-corrected chi connectivity index (χ2v) is 5.38. The van der Waals surface area contributed by atoms with Gasteiger partial charge in [0.25, 0.3) is 0 Å². The molecule has 0 bridgehead atoms. The Bertz CT molecular complexity index is 637. The molecule has 0 fully saturated rings. The van der Waals surface area contributed by atoms with Gasteiger partial charge in [-0.3, -0.25) is 4.79 Å². The van der Waals surface area contributed by atoms with Gasteiger partial charge in [0.15, 0.2) is 0 Å². The van der Waals surface area contributed by atoms with E-state index < -0.39 is 0 Å². The Morgan fingerprint density at radius 2 is 1.74 bits per heavy atom. The van der Waals surface area contributed by atoms with Crippen LogP contribution in [0.2, 0.25) is 0 Å². The third kappa shape index (κ3) is 4.74. The summed E-state index contributed by atoms with van der Waals surface area (Å²) < 4.78 is 10.5. The summed E-state index contributed by atoms with van der Waals surface area (Å²) in [5.41, 5.74) is 2.10. The van der Waals surface area contributed by atoms with Gasteiger partial charge in [-0.05, 0) is 37.1 Å². The highest BCUT2D eigenvalue weighted by molar-refractivity contribution is 5.76. The number of benzene rings is 2. The Hall–Kier alpha value is -2.49. The molecule has 0 aliphatic carbocycles. The zero-order chi connectivity index (χ0) is 16.7. The molecular weight excluding hydrogens is 290 g/mol. The second-order valence-electron chi connectivity index (χ2n) is 5.38. The highest BCUT2D eigenvalue weighted by Crippen LogP contribution is 2.24. The molecule has 0 spiro atoms. The molecule has 1 amide bonds. The molecule has 1 unspecified atom stereocenters. The molecule has 1 atom stereocenters. The van der Waals surface area contributed by atoms with Crippen molar-refractivity contribution in [1.82, 2.24) is 5.32 Å². The maximum Gasteiger partial charge on any atom is 0.220 e. The van der Waals surface area contributed by atoms with Crippen LogP contribution in [-0.4, -0.2) is 20.1 Å².